The maximum atomic E-state index is 5.19. The number of methoxy groups -OCH3 is 1. The van der Waals surface area contributed by atoms with Gasteiger partial charge in [-0.1, -0.05) is 58.5 Å². The Morgan fingerprint density at radius 3 is 2.14 bits per heavy atom. The Morgan fingerprint density at radius 1 is 1.14 bits per heavy atom. The van der Waals surface area contributed by atoms with Crippen LogP contribution >= 0.6 is 0 Å². The summed E-state index contributed by atoms with van der Waals surface area (Å²) in [5.41, 5.74) is 4.86. The van der Waals surface area contributed by atoms with Crippen molar-refractivity contribution >= 4 is 8.07 Å². The third-order valence-corrected chi connectivity index (χ3v) is 4.02. The van der Waals surface area contributed by atoms with Crippen molar-refractivity contribution in [3.63, 3.8) is 0 Å². The molecule has 0 spiro atoms. The third kappa shape index (κ3) is 6.84. The van der Waals surface area contributed by atoms with E-state index in [1.807, 2.05) is 12.1 Å². The minimum Gasteiger partial charge on any atom is -0.497 e. The highest BCUT2D eigenvalue weighted by Crippen LogP contribution is 2.20. The molecular weight excluding hydrogens is 274 g/mol. The standard InChI is InChI=1S/C18H29NOSi/c1-18(2,3)17(12-13-21(5,6)7)19-14-15-8-10-16(20-4)11-9-15/h8-11,17,19H,14H2,1-7H3. The van der Waals surface area contributed by atoms with Gasteiger partial charge in [-0.15, -0.1) is 5.54 Å². The van der Waals surface area contributed by atoms with Crippen LogP contribution in [-0.4, -0.2) is 21.2 Å². The topological polar surface area (TPSA) is 21.3 Å². The fraction of sp³-hybridized carbons (Fsp3) is 0.556. The molecule has 0 saturated carbocycles. The van der Waals surface area contributed by atoms with Gasteiger partial charge in [0, 0.05) is 6.54 Å². The molecule has 2 nitrogen and oxygen atoms in total. The quantitative estimate of drug-likeness (QED) is 0.668. The summed E-state index contributed by atoms with van der Waals surface area (Å²) < 4.78 is 5.19. The van der Waals surface area contributed by atoms with E-state index < -0.39 is 8.07 Å². The summed E-state index contributed by atoms with van der Waals surface area (Å²) >= 11 is 0. The zero-order valence-electron chi connectivity index (χ0n) is 14.5. The van der Waals surface area contributed by atoms with Crippen molar-refractivity contribution in [2.75, 3.05) is 7.11 Å². The van der Waals surface area contributed by atoms with Gasteiger partial charge < -0.3 is 4.74 Å². The Hall–Kier alpha value is -1.24. The smallest absolute Gasteiger partial charge is 0.129 e. The Kier molecular flexibility index (Phi) is 6.06. The van der Waals surface area contributed by atoms with E-state index >= 15 is 0 Å². The molecule has 0 radical (unpaired) electrons. The van der Waals surface area contributed by atoms with Crippen LogP contribution in [0.15, 0.2) is 24.3 Å². The van der Waals surface area contributed by atoms with Gasteiger partial charge in [-0.2, -0.15) is 0 Å². The lowest BCUT2D eigenvalue weighted by Crippen LogP contribution is -2.39. The largest absolute Gasteiger partial charge is 0.497 e. The molecule has 1 aromatic carbocycles. The lowest BCUT2D eigenvalue weighted by Gasteiger charge is -2.28. The molecule has 0 aliphatic carbocycles. The predicted octanol–water partition coefficient (Wildman–Crippen LogP) is 4.08. The van der Waals surface area contributed by atoms with Gasteiger partial charge in [0.2, 0.25) is 0 Å². The maximum absolute atomic E-state index is 5.19. The molecule has 1 unspecified atom stereocenters. The van der Waals surface area contributed by atoms with E-state index in [0.29, 0.717) is 0 Å². The summed E-state index contributed by atoms with van der Waals surface area (Å²) in [5.74, 6) is 4.36. The molecular formula is C18H29NOSi. The van der Waals surface area contributed by atoms with Gasteiger partial charge in [0.05, 0.1) is 13.2 Å². The monoisotopic (exact) mass is 303 g/mol. The summed E-state index contributed by atoms with van der Waals surface area (Å²) in [5, 5.41) is 3.59. The molecule has 0 bridgehead atoms. The van der Waals surface area contributed by atoms with Gasteiger partial charge in [-0.3, -0.25) is 5.32 Å². The first-order valence-electron chi connectivity index (χ1n) is 7.51. The van der Waals surface area contributed by atoms with Crippen LogP contribution in [0, 0.1) is 16.9 Å². The highest BCUT2D eigenvalue weighted by Gasteiger charge is 2.22. The maximum Gasteiger partial charge on any atom is 0.129 e. The number of nitrogens with one attached hydrogen (secondary N) is 1. The molecule has 1 N–H and O–H groups in total. The fourth-order valence-electron chi connectivity index (χ4n) is 1.83. The summed E-state index contributed by atoms with van der Waals surface area (Å²) in [6.07, 6.45) is 0. The van der Waals surface area contributed by atoms with E-state index in [1.165, 1.54) is 5.56 Å². The molecule has 0 saturated heterocycles. The van der Waals surface area contributed by atoms with Crippen molar-refractivity contribution in [1.82, 2.24) is 5.32 Å². The van der Waals surface area contributed by atoms with E-state index in [4.69, 9.17) is 4.74 Å². The summed E-state index contributed by atoms with van der Waals surface area (Å²) in [4.78, 5) is 0. The number of hydrogen-bond acceptors (Lipinski definition) is 2. The first kappa shape index (κ1) is 17.8. The second-order valence-electron chi connectivity index (χ2n) is 7.55. The summed E-state index contributed by atoms with van der Waals surface area (Å²) in [6.45, 7) is 14.4. The van der Waals surface area contributed by atoms with Crippen LogP contribution < -0.4 is 10.1 Å². The first-order valence-corrected chi connectivity index (χ1v) is 11.0. The average Bonchev–Trinajstić information content (AvgIpc) is 2.36. The van der Waals surface area contributed by atoms with Crippen molar-refractivity contribution in [2.45, 2.75) is 53.0 Å². The number of hydrogen-bond donors (Lipinski definition) is 1. The van der Waals surface area contributed by atoms with E-state index in [1.54, 1.807) is 7.11 Å². The van der Waals surface area contributed by atoms with Gasteiger partial charge in [0.25, 0.3) is 0 Å². The van der Waals surface area contributed by atoms with Crippen LogP contribution in [0.5, 0.6) is 5.75 Å². The Bertz CT molecular complexity index is 497. The van der Waals surface area contributed by atoms with Gasteiger partial charge in [-0.05, 0) is 23.1 Å². The molecule has 0 heterocycles. The van der Waals surface area contributed by atoms with Crippen LogP contribution in [0.3, 0.4) is 0 Å². The van der Waals surface area contributed by atoms with Crippen LogP contribution in [0.1, 0.15) is 26.3 Å². The average molecular weight is 304 g/mol. The van der Waals surface area contributed by atoms with E-state index in [0.717, 1.165) is 12.3 Å². The Morgan fingerprint density at radius 2 is 1.71 bits per heavy atom. The van der Waals surface area contributed by atoms with Crippen LogP contribution in [-0.2, 0) is 6.54 Å². The number of ether oxygens (including phenoxy) is 1. The zero-order valence-corrected chi connectivity index (χ0v) is 15.5. The minimum atomic E-state index is -1.34. The molecule has 1 aromatic rings. The van der Waals surface area contributed by atoms with E-state index in [2.05, 4.69) is 69.3 Å². The lowest BCUT2D eigenvalue weighted by molar-refractivity contribution is 0.321. The Labute approximate surface area is 131 Å². The molecule has 0 aromatic heterocycles. The van der Waals surface area contributed by atoms with Gasteiger partial charge in [-0.25, -0.2) is 0 Å². The van der Waals surface area contributed by atoms with Gasteiger partial charge >= 0.3 is 0 Å². The molecule has 3 heteroatoms. The highest BCUT2D eigenvalue weighted by molar-refractivity contribution is 6.83. The fourth-order valence-corrected chi connectivity index (χ4v) is 2.40. The van der Waals surface area contributed by atoms with E-state index in [9.17, 15) is 0 Å². The molecule has 0 aliphatic rings. The first-order chi connectivity index (χ1) is 9.62. The minimum absolute atomic E-state index is 0.124. The SMILES string of the molecule is COc1ccc(CNC(C#C[Si](C)(C)C)C(C)(C)C)cc1. The van der Waals surface area contributed by atoms with Crippen molar-refractivity contribution in [3.8, 4) is 17.2 Å². The van der Waals surface area contributed by atoms with Crippen molar-refractivity contribution < 1.29 is 4.74 Å². The van der Waals surface area contributed by atoms with Gasteiger partial charge in [0.1, 0.15) is 13.8 Å². The van der Waals surface area contributed by atoms with Crippen LogP contribution in [0.25, 0.3) is 0 Å². The third-order valence-electron chi connectivity index (χ3n) is 3.13. The molecule has 116 valence electrons. The predicted molar refractivity (Wildman–Crippen MR) is 94.2 cm³/mol. The number of rotatable bonds is 4. The zero-order chi connectivity index (χ0) is 16.1. The summed E-state index contributed by atoms with van der Waals surface area (Å²) in [6, 6.07) is 8.38. The highest BCUT2D eigenvalue weighted by atomic mass is 28.3. The molecule has 1 atom stereocenters. The second kappa shape index (κ2) is 7.15. The molecule has 0 amide bonds. The normalized spacial score (nSPS) is 13.3. The second-order valence-corrected chi connectivity index (χ2v) is 12.3. The van der Waals surface area contributed by atoms with Crippen molar-refractivity contribution in [1.29, 1.82) is 0 Å². The Balaban J connectivity index is 2.75. The van der Waals surface area contributed by atoms with Gasteiger partial charge in [0.15, 0.2) is 0 Å². The molecule has 1 rings (SSSR count). The van der Waals surface area contributed by atoms with E-state index in [-0.39, 0.29) is 11.5 Å². The van der Waals surface area contributed by atoms with Crippen LogP contribution in [0.4, 0.5) is 0 Å². The van der Waals surface area contributed by atoms with Crippen molar-refractivity contribution in [2.24, 2.45) is 5.41 Å². The van der Waals surface area contributed by atoms with Crippen molar-refractivity contribution in [3.05, 3.63) is 29.8 Å². The lowest BCUT2D eigenvalue weighted by atomic mass is 9.87. The molecule has 0 fully saturated rings. The molecule has 0 aliphatic heterocycles. The molecule has 21 heavy (non-hydrogen) atoms. The van der Waals surface area contributed by atoms with Crippen LogP contribution in [0.2, 0.25) is 19.6 Å². The summed E-state index contributed by atoms with van der Waals surface area (Å²) in [7, 11) is 0.352. The number of benzene rings is 1.